The summed E-state index contributed by atoms with van der Waals surface area (Å²) in [5, 5.41) is 3.62. The molecule has 21 heavy (non-hydrogen) atoms. The summed E-state index contributed by atoms with van der Waals surface area (Å²) in [5.74, 6) is 0. The summed E-state index contributed by atoms with van der Waals surface area (Å²) < 4.78 is 5.54. The van der Waals surface area contributed by atoms with E-state index in [0.717, 1.165) is 32.7 Å². The first-order chi connectivity index (χ1) is 10.0. The van der Waals surface area contributed by atoms with Crippen LogP contribution in [0, 0.1) is 0 Å². The fourth-order valence-electron chi connectivity index (χ4n) is 3.07. The molecule has 0 saturated carbocycles. The zero-order valence-corrected chi connectivity index (χ0v) is 13.9. The van der Waals surface area contributed by atoms with Crippen LogP contribution in [0.5, 0.6) is 0 Å². The Balaban J connectivity index is 2.11. The zero-order valence-electron chi connectivity index (χ0n) is 13.9. The third-order valence-corrected chi connectivity index (χ3v) is 4.50. The number of rotatable bonds is 7. The van der Waals surface area contributed by atoms with E-state index in [-0.39, 0.29) is 5.41 Å². The largest absolute Gasteiger partial charge is 0.380 e. The van der Waals surface area contributed by atoms with Crippen molar-refractivity contribution in [3.8, 4) is 0 Å². The Hall–Kier alpha value is -0.900. The molecule has 0 radical (unpaired) electrons. The van der Waals surface area contributed by atoms with Crippen LogP contribution in [0.25, 0.3) is 0 Å². The highest BCUT2D eigenvalue weighted by Gasteiger charge is 2.31. The van der Waals surface area contributed by atoms with Crippen LogP contribution in [0.1, 0.15) is 32.8 Å². The van der Waals surface area contributed by atoms with Gasteiger partial charge in [0.05, 0.1) is 6.61 Å². The SMILES string of the molecule is CC(C)NCC(C)(CN(C)C1CCOC1)c1ccccc1. The Labute approximate surface area is 129 Å². The smallest absolute Gasteiger partial charge is 0.0622 e. The molecule has 0 aromatic heterocycles. The van der Waals surface area contributed by atoms with Gasteiger partial charge in [-0.25, -0.2) is 0 Å². The Morgan fingerprint density at radius 2 is 2.05 bits per heavy atom. The number of nitrogens with one attached hydrogen (secondary N) is 1. The van der Waals surface area contributed by atoms with Crippen molar-refractivity contribution in [2.45, 2.75) is 44.7 Å². The second-order valence-corrected chi connectivity index (χ2v) is 6.89. The molecule has 3 heteroatoms. The van der Waals surface area contributed by atoms with Crippen molar-refractivity contribution in [1.29, 1.82) is 0 Å². The van der Waals surface area contributed by atoms with Crippen molar-refractivity contribution in [2.75, 3.05) is 33.4 Å². The molecule has 1 saturated heterocycles. The second-order valence-electron chi connectivity index (χ2n) is 6.89. The van der Waals surface area contributed by atoms with Crippen LogP contribution in [0.15, 0.2) is 30.3 Å². The van der Waals surface area contributed by atoms with Gasteiger partial charge in [0.1, 0.15) is 0 Å². The predicted octanol–water partition coefficient (Wildman–Crippen LogP) is 2.66. The predicted molar refractivity (Wildman–Crippen MR) is 88.8 cm³/mol. The van der Waals surface area contributed by atoms with Crippen LogP contribution in [0.3, 0.4) is 0 Å². The highest BCUT2D eigenvalue weighted by Crippen LogP contribution is 2.26. The van der Waals surface area contributed by atoms with Gasteiger partial charge in [0.25, 0.3) is 0 Å². The van der Waals surface area contributed by atoms with E-state index < -0.39 is 0 Å². The van der Waals surface area contributed by atoms with E-state index in [9.17, 15) is 0 Å². The van der Waals surface area contributed by atoms with E-state index in [2.05, 4.69) is 68.4 Å². The average Bonchev–Trinajstić information content (AvgIpc) is 3.00. The molecule has 1 aliphatic rings. The number of likely N-dealkylation sites (N-methyl/N-ethyl adjacent to an activating group) is 1. The summed E-state index contributed by atoms with van der Waals surface area (Å²) >= 11 is 0. The summed E-state index contributed by atoms with van der Waals surface area (Å²) in [6.45, 7) is 10.6. The van der Waals surface area contributed by atoms with Crippen LogP contribution in [-0.2, 0) is 10.2 Å². The fourth-order valence-corrected chi connectivity index (χ4v) is 3.07. The van der Waals surface area contributed by atoms with E-state index >= 15 is 0 Å². The number of nitrogens with zero attached hydrogens (tertiary/aromatic N) is 1. The van der Waals surface area contributed by atoms with Crippen LogP contribution in [-0.4, -0.2) is 50.3 Å². The molecule has 1 N–H and O–H groups in total. The molecule has 1 aliphatic heterocycles. The second kappa shape index (κ2) is 7.39. The Kier molecular flexibility index (Phi) is 5.80. The molecule has 2 unspecified atom stereocenters. The zero-order chi connectivity index (χ0) is 15.3. The van der Waals surface area contributed by atoms with Crippen LogP contribution in [0.2, 0.25) is 0 Å². The summed E-state index contributed by atoms with van der Waals surface area (Å²) in [7, 11) is 2.23. The molecule has 2 rings (SSSR count). The van der Waals surface area contributed by atoms with Gasteiger partial charge in [-0.15, -0.1) is 0 Å². The summed E-state index contributed by atoms with van der Waals surface area (Å²) in [6, 6.07) is 11.9. The maximum Gasteiger partial charge on any atom is 0.0622 e. The van der Waals surface area contributed by atoms with E-state index in [4.69, 9.17) is 4.74 Å². The standard InChI is InChI=1S/C18H30N2O/c1-15(2)19-13-18(3,16-8-6-5-7-9-16)14-20(4)17-10-11-21-12-17/h5-9,15,17,19H,10-14H2,1-4H3. The van der Waals surface area contributed by atoms with Gasteiger partial charge >= 0.3 is 0 Å². The third kappa shape index (κ3) is 4.53. The van der Waals surface area contributed by atoms with Crippen molar-refractivity contribution in [2.24, 2.45) is 0 Å². The molecule has 1 heterocycles. The van der Waals surface area contributed by atoms with Crippen LogP contribution < -0.4 is 5.32 Å². The Morgan fingerprint density at radius 3 is 2.62 bits per heavy atom. The summed E-state index contributed by atoms with van der Waals surface area (Å²) in [6.07, 6.45) is 1.15. The molecule has 3 nitrogen and oxygen atoms in total. The normalized spacial score (nSPS) is 21.9. The van der Waals surface area contributed by atoms with Crippen molar-refractivity contribution >= 4 is 0 Å². The molecule has 2 atom stereocenters. The highest BCUT2D eigenvalue weighted by molar-refractivity contribution is 5.25. The quantitative estimate of drug-likeness (QED) is 0.835. The van der Waals surface area contributed by atoms with E-state index in [1.165, 1.54) is 5.56 Å². The lowest BCUT2D eigenvalue weighted by Gasteiger charge is -2.37. The third-order valence-electron chi connectivity index (χ3n) is 4.50. The van der Waals surface area contributed by atoms with Crippen molar-refractivity contribution in [3.63, 3.8) is 0 Å². The van der Waals surface area contributed by atoms with Crippen molar-refractivity contribution in [3.05, 3.63) is 35.9 Å². The summed E-state index contributed by atoms with van der Waals surface area (Å²) in [5.41, 5.74) is 1.52. The van der Waals surface area contributed by atoms with E-state index in [1.54, 1.807) is 0 Å². The topological polar surface area (TPSA) is 24.5 Å². The molecular weight excluding hydrogens is 260 g/mol. The first-order valence-corrected chi connectivity index (χ1v) is 8.08. The van der Waals surface area contributed by atoms with Gasteiger partial charge in [0.2, 0.25) is 0 Å². The van der Waals surface area contributed by atoms with Crippen molar-refractivity contribution < 1.29 is 4.74 Å². The average molecular weight is 290 g/mol. The number of hydrogen-bond acceptors (Lipinski definition) is 3. The minimum absolute atomic E-state index is 0.114. The minimum atomic E-state index is 0.114. The lowest BCUT2D eigenvalue weighted by atomic mass is 9.81. The van der Waals surface area contributed by atoms with Gasteiger partial charge in [-0.1, -0.05) is 51.1 Å². The van der Waals surface area contributed by atoms with Crippen molar-refractivity contribution in [1.82, 2.24) is 10.2 Å². The first kappa shape index (κ1) is 16.5. The molecule has 1 aromatic carbocycles. The number of ether oxygens (including phenoxy) is 1. The molecule has 0 bridgehead atoms. The highest BCUT2D eigenvalue weighted by atomic mass is 16.5. The van der Waals surface area contributed by atoms with Gasteiger partial charge in [0.15, 0.2) is 0 Å². The maximum absolute atomic E-state index is 5.54. The lowest BCUT2D eigenvalue weighted by molar-refractivity contribution is 0.143. The van der Waals surface area contributed by atoms with Gasteiger partial charge in [-0.05, 0) is 19.0 Å². The lowest BCUT2D eigenvalue weighted by Crippen LogP contribution is -2.48. The maximum atomic E-state index is 5.54. The van der Waals surface area contributed by atoms with Gasteiger partial charge in [-0.3, -0.25) is 0 Å². The molecule has 0 aliphatic carbocycles. The van der Waals surface area contributed by atoms with E-state index in [1.807, 2.05) is 0 Å². The van der Waals surface area contributed by atoms with Crippen LogP contribution in [0.4, 0.5) is 0 Å². The minimum Gasteiger partial charge on any atom is -0.380 e. The fraction of sp³-hybridized carbons (Fsp3) is 0.667. The van der Waals surface area contributed by atoms with Gasteiger partial charge < -0.3 is 15.0 Å². The molecule has 118 valence electrons. The molecule has 0 amide bonds. The summed E-state index contributed by atoms with van der Waals surface area (Å²) in [4.78, 5) is 2.47. The Morgan fingerprint density at radius 1 is 1.33 bits per heavy atom. The Bertz CT molecular complexity index is 414. The molecule has 1 fully saturated rings. The molecule has 1 aromatic rings. The first-order valence-electron chi connectivity index (χ1n) is 8.08. The van der Waals surface area contributed by atoms with Gasteiger partial charge in [-0.2, -0.15) is 0 Å². The van der Waals surface area contributed by atoms with Crippen LogP contribution >= 0.6 is 0 Å². The van der Waals surface area contributed by atoms with E-state index in [0.29, 0.717) is 12.1 Å². The molecule has 0 spiro atoms. The van der Waals surface area contributed by atoms with Gasteiger partial charge in [0, 0.05) is 37.2 Å². The number of hydrogen-bond donors (Lipinski definition) is 1. The monoisotopic (exact) mass is 290 g/mol. The number of benzene rings is 1. The molecular formula is C18H30N2O.